The number of carbonyl (C=O) groups excluding carboxylic acids is 3. The highest BCUT2D eigenvalue weighted by atomic mass is 19.4. The Hall–Kier alpha value is -2.62. The third-order valence-corrected chi connectivity index (χ3v) is 3.34. The molecule has 10 heteroatoms. The van der Waals surface area contributed by atoms with E-state index in [-0.39, 0.29) is 19.4 Å². The fourth-order valence-electron chi connectivity index (χ4n) is 1.85. The second-order valence-electron chi connectivity index (χ2n) is 5.23. The van der Waals surface area contributed by atoms with Gasteiger partial charge in [-0.3, -0.25) is 14.4 Å². The van der Waals surface area contributed by atoms with Crippen LogP contribution in [-0.2, 0) is 30.6 Å². The molecule has 0 bridgehead atoms. The molecule has 1 atom stereocenters. The average Bonchev–Trinajstić information content (AvgIpc) is 2.61. The van der Waals surface area contributed by atoms with E-state index in [1.54, 1.807) is 35.6 Å². The number of benzene rings is 1. The van der Waals surface area contributed by atoms with Gasteiger partial charge >= 0.3 is 18.1 Å². The molecule has 0 aliphatic rings. The number of hydrogen-bond acceptors (Lipinski definition) is 5. The Kier molecular flexibility index (Phi) is 8.04. The highest BCUT2D eigenvalue weighted by molar-refractivity contribution is 5.88. The van der Waals surface area contributed by atoms with E-state index in [4.69, 9.17) is 4.74 Å². The predicted octanol–water partition coefficient (Wildman–Crippen LogP) is 1.58. The Labute approximate surface area is 148 Å². The van der Waals surface area contributed by atoms with Gasteiger partial charge < -0.3 is 10.1 Å². The van der Waals surface area contributed by atoms with Gasteiger partial charge in [-0.2, -0.15) is 13.2 Å². The van der Waals surface area contributed by atoms with Crippen molar-refractivity contribution in [3.05, 3.63) is 35.9 Å². The van der Waals surface area contributed by atoms with E-state index in [1.807, 2.05) is 0 Å². The number of nitrogens with one attached hydrogen (secondary N) is 1. The predicted molar refractivity (Wildman–Crippen MR) is 83.2 cm³/mol. The van der Waals surface area contributed by atoms with Crippen molar-refractivity contribution in [1.82, 2.24) is 10.4 Å². The van der Waals surface area contributed by atoms with Crippen molar-refractivity contribution in [2.75, 3.05) is 14.2 Å². The van der Waals surface area contributed by atoms with Gasteiger partial charge in [-0.1, -0.05) is 30.3 Å². The molecule has 1 rings (SSSR count). The van der Waals surface area contributed by atoms with Gasteiger partial charge in [0.1, 0.15) is 12.6 Å². The highest BCUT2D eigenvalue weighted by Gasteiger charge is 2.41. The van der Waals surface area contributed by atoms with Gasteiger partial charge in [-0.15, -0.1) is 0 Å². The Morgan fingerprint density at radius 1 is 1.19 bits per heavy atom. The Morgan fingerprint density at radius 3 is 2.35 bits per heavy atom. The van der Waals surface area contributed by atoms with Gasteiger partial charge in [0.15, 0.2) is 0 Å². The van der Waals surface area contributed by atoms with E-state index < -0.39 is 30.0 Å². The van der Waals surface area contributed by atoms with Crippen LogP contribution in [0.4, 0.5) is 13.2 Å². The zero-order chi connectivity index (χ0) is 19.7. The minimum Gasteiger partial charge on any atom is -0.459 e. The van der Waals surface area contributed by atoms with Crippen molar-refractivity contribution in [2.45, 2.75) is 31.7 Å². The molecular weight excluding hydrogens is 357 g/mol. The second kappa shape index (κ2) is 9.76. The van der Waals surface area contributed by atoms with E-state index in [0.717, 1.165) is 5.06 Å². The first kappa shape index (κ1) is 21.4. The SMILES string of the molecule is CON(C)C(=O)CC[C@H](NC(=O)C(F)(F)F)C(=O)OCc1ccccc1. The topological polar surface area (TPSA) is 84.9 Å². The van der Waals surface area contributed by atoms with Crippen LogP contribution in [-0.4, -0.2) is 49.2 Å². The van der Waals surface area contributed by atoms with E-state index >= 15 is 0 Å². The number of halogens is 3. The third kappa shape index (κ3) is 7.09. The van der Waals surface area contributed by atoms with Crippen LogP contribution >= 0.6 is 0 Å². The van der Waals surface area contributed by atoms with Crippen molar-refractivity contribution in [3.63, 3.8) is 0 Å². The van der Waals surface area contributed by atoms with Gasteiger partial charge in [0, 0.05) is 13.5 Å². The molecule has 1 aromatic carbocycles. The summed E-state index contributed by atoms with van der Waals surface area (Å²) in [5.41, 5.74) is 0.622. The standard InChI is InChI=1S/C16H19F3N2O5/c1-21(25-2)13(22)9-8-12(20-15(24)16(17,18)19)14(23)26-10-11-6-4-3-5-7-11/h3-7,12H,8-10H2,1-2H3,(H,20,24)/t12-/m0/s1. The van der Waals surface area contributed by atoms with Gasteiger partial charge in [-0.05, 0) is 12.0 Å². The van der Waals surface area contributed by atoms with Crippen LogP contribution in [0, 0.1) is 0 Å². The highest BCUT2D eigenvalue weighted by Crippen LogP contribution is 2.16. The maximum absolute atomic E-state index is 12.4. The number of hydroxylamine groups is 2. The number of nitrogens with zero attached hydrogens (tertiary/aromatic N) is 1. The van der Waals surface area contributed by atoms with Crippen molar-refractivity contribution in [3.8, 4) is 0 Å². The van der Waals surface area contributed by atoms with E-state index in [9.17, 15) is 27.6 Å². The number of carbonyl (C=O) groups is 3. The number of esters is 1. The summed E-state index contributed by atoms with van der Waals surface area (Å²) in [7, 11) is 2.54. The van der Waals surface area contributed by atoms with Crippen LogP contribution in [0.1, 0.15) is 18.4 Å². The first-order valence-electron chi connectivity index (χ1n) is 7.54. The van der Waals surface area contributed by atoms with E-state index in [0.29, 0.717) is 5.56 Å². The number of hydrogen-bond donors (Lipinski definition) is 1. The monoisotopic (exact) mass is 376 g/mol. The normalized spacial score (nSPS) is 12.2. The molecule has 1 N–H and O–H groups in total. The zero-order valence-electron chi connectivity index (χ0n) is 14.2. The lowest BCUT2D eigenvalue weighted by Crippen LogP contribution is -2.47. The summed E-state index contributed by atoms with van der Waals surface area (Å²) in [6, 6.07) is 6.84. The summed E-state index contributed by atoms with van der Waals surface area (Å²) in [6.45, 7) is -0.177. The van der Waals surface area contributed by atoms with E-state index in [2.05, 4.69) is 4.84 Å². The molecule has 0 saturated carbocycles. The van der Waals surface area contributed by atoms with Crippen LogP contribution in [0.3, 0.4) is 0 Å². The first-order valence-corrected chi connectivity index (χ1v) is 7.54. The Balaban J connectivity index is 2.73. The van der Waals surface area contributed by atoms with Crippen LogP contribution in [0.5, 0.6) is 0 Å². The van der Waals surface area contributed by atoms with Crippen LogP contribution in [0.25, 0.3) is 0 Å². The number of rotatable bonds is 8. The minimum absolute atomic E-state index is 0.177. The summed E-state index contributed by atoms with van der Waals surface area (Å²) in [5.74, 6) is -3.93. The largest absolute Gasteiger partial charge is 0.471 e. The third-order valence-electron chi connectivity index (χ3n) is 3.34. The molecule has 0 spiro atoms. The van der Waals surface area contributed by atoms with Gasteiger partial charge in [0.2, 0.25) is 5.91 Å². The zero-order valence-corrected chi connectivity index (χ0v) is 14.2. The number of amides is 2. The molecule has 0 aromatic heterocycles. The van der Waals surface area contributed by atoms with Gasteiger partial charge in [0.25, 0.3) is 0 Å². The van der Waals surface area contributed by atoms with Crippen LogP contribution in [0.2, 0.25) is 0 Å². The molecule has 2 amide bonds. The van der Waals surface area contributed by atoms with Gasteiger partial charge in [0.05, 0.1) is 7.11 Å². The van der Waals surface area contributed by atoms with Crippen molar-refractivity contribution in [2.24, 2.45) is 0 Å². The molecule has 1 aromatic rings. The minimum atomic E-state index is -5.16. The molecule has 144 valence electrons. The molecule has 0 fully saturated rings. The molecule has 7 nitrogen and oxygen atoms in total. The first-order chi connectivity index (χ1) is 12.1. The lowest BCUT2D eigenvalue weighted by atomic mass is 10.1. The van der Waals surface area contributed by atoms with Gasteiger partial charge in [-0.25, -0.2) is 9.86 Å². The molecule has 0 aliphatic heterocycles. The molecule has 0 radical (unpaired) electrons. The summed E-state index contributed by atoms with van der Waals surface area (Å²) in [4.78, 5) is 39.5. The van der Waals surface area contributed by atoms with Crippen LogP contribution in [0.15, 0.2) is 30.3 Å². The Morgan fingerprint density at radius 2 is 1.81 bits per heavy atom. The van der Waals surface area contributed by atoms with E-state index in [1.165, 1.54) is 14.2 Å². The quantitative estimate of drug-likeness (QED) is 0.550. The Bertz CT molecular complexity index is 622. The molecule has 0 heterocycles. The average molecular weight is 376 g/mol. The second-order valence-corrected chi connectivity index (χ2v) is 5.23. The smallest absolute Gasteiger partial charge is 0.459 e. The fraction of sp³-hybridized carbons (Fsp3) is 0.438. The maximum atomic E-state index is 12.4. The summed E-state index contributed by atoms with van der Waals surface area (Å²) >= 11 is 0. The van der Waals surface area contributed by atoms with Crippen molar-refractivity contribution >= 4 is 17.8 Å². The summed E-state index contributed by atoms with van der Waals surface area (Å²) < 4.78 is 42.3. The molecule has 0 aliphatic carbocycles. The van der Waals surface area contributed by atoms with Crippen LogP contribution < -0.4 is 5.32 Å². The molecule has 0 unspecified atom stereocenters. The van der Waals surface area contributed by atoms with Crippen molar-refractivity contribution in [1.29, 1.82) is 0 Å². The lowest BCUT2D eigenvalue weighted by molar-refractivity contribution is -0.176. The van der Waals surface area contributed by atoms with Crippen molar-refractivity contribution < 1.29 is 37.1 Å². The fourth-order valence-corrected chi connectivity index (χ4v) is 1.85. The summed E-state index contributed by atoms with van der Waals surface area (Å²) in [6.07, 6.45) is -5.86. The lowest BCUT2D eigenvalue weighted by Gasteiger charge is -2.19. The number of ether oxygens (including phenoxy) is 1. The molecule has 0 saturated heterocycles. The molecule has 26 heavy (non-hydrogen) atoms. The number of alkyl halides is 3. The molecular formula is C16H19F3N2O5. The maximum Gasteiger partial charge on any atom is 0.471 e. The summed E-state index contributed by atoms with van der Waals surface area (Å²) in [5, 5.41) is 2.41.